The lowest BCUT2D eigenvalue weighted by molar-refractivity contribution is -0.384. The molecular weight excluding hydrogens is 490 g/mol. The van der Waals surface area contributed by atoms with E-state index in [0.29, 0.717) is 39.8 Å². The summed E-state index contributed by atoms with van der Waals surface area (Å²) in [5.41, 5.74) is 0.660. The highest BCUT2D eigenvalue weighted by atomic mass is 35.5. The molecule has 2 aromatic carbocycles. The van der Waals surface area contributed by atoms with Crippen LogP contribution in [0.5, 0.6) is 0 Å². The summed E-state index contributed by atoms with van der Waals surface area (Å²) >= 11 is 6.96. The van der Waals surface area contributed by atoms with Crippen LogP contribution in [0.4, 0.5) is 5.69 Å². The molecule has 0 aliphatic carbocycles. The standard InChI is InChI=1S/C21H22ClN3O6S2/c1-2-31-12-11-24-18-10-7-16(25(27)28)14-19(18)32-21(24)23-20(26)4-3-13-33(29,30)17-8-5-15(22)6-9-17/h5-10,14H,2-4,11-13H2,1H3. The van der Waals surface area contributed by atoms with Gasteiger partial charge in [0.15, 0.2) is 14.6 Å². The molecule has 1 heterocycles. The molecule has 0 bridgehead atoms. The molecular formula is C21H22ClN3O6S2. The number of hydrogen-bond donors (Lipinski definition) is 0. The second kappa shape index (κ2) is 11.0. The quantitative estimate of drug-likeness (QED) is 0.230. The van der Waals surface area contributed by atoms with Crippen molar-refractivity contribution in [3.63, 3.8) is 0 Å². The number of fused-ring (bicyclic) bond motifs is 1. The van der Waals surface area contributed by atoms with Crippen LogP contribution in [0.15, 0.2) is 52.4 Å². The number of rotatable bonds is 10. The Labute approximate surface area is 199 Å². The van der Waals surface area contributed by atoms with Gasteiger partial charge < -0.3 is 9.30 Å². The third-order valence-electron chi connectivity index (χ3n) is 4.74. The minimum absolute atomic E-state index is 0.0489. The first-order valence-corrected chi connectivity index (χ1v) is 13.0. The number of halogens is 1. The van der Waals surface area contributed by atoms with Gasteiger partial charge in [0, 0.05) is 36.7 Å². The predicted molar refractivity (Wildman–Crippen MR) is 126 cm³/mol. The van der Waals surface area contributed by atoms with Crippen LogP contribution in [-0.4, -0.2) is 42.8 Å². The van der Waals surface area contributed by atoms with Gasteiger partial charge in [-0.1, -0.05) is 22.9 Å². The fraction of sp³-hybridized carbons (Fsp3) is 0.333. The largest absolute Gasteiger partial charge is 0.380 e. The summed E-state index contributed by atoms with van der Waals surface area (Å²) in [6.07, 6.45) is 0.0648. The Morgan fingerprint density at radius 1 is 1.24 bits per heavy atom. The van der Waals surface area contributed by atoms with Crippen LogP contribution in [0.2, 0.25) is 5.02 Å². The Balaban J connectivity index is 1.78. The molecule has 0 aliphatic heterocycles. The Bertz CT molecular complexity index is 1330. The fourth-order valence-electron chi connectivity index (χ4n) is 3.11. The van der Waals surface area contributed by atoms with Crippen molar-refractivity contribution in [2.24, 2.45) is 4.99 Å². The van der Waals surface area contributed by atoms with E-state index in [1.165, 1.54) is 36.4 Å². The van der Waals surface area contributed by atoms with Crippen LogP contribution >= 0.6 is 22.9 Å². The molecule has 0 radical (unpaired) electrons. The highest BCUT2D eigenvalue weighted by molar-refractivity contribution is 7.91. The van der Waals surface area contributed by atoms with E-state index < -0.39 is 20.7 Å². The van der Waals surface area contributed by atoms with E-state index in [0.717, 1.165) is 11.3 Å². The second-order valence-corrected chi connectivity index (χ2v) is 10.6. The number of carbonyl (C=O) groups is 1. The van der Waals surface area contributed by atoms with Crippen LogP contribution < -0.4 is 4.80 Å². The van der Waals surface area contributed by atoms with Gasteiger partial charge in [-0.2, -0.15) is 4.99 Å². The van der Waals surface area contributed by atoms with Gasteiger partial charge in [0.05, 0.1) is 32.4 Å². The van der Waals surface area contributed by atoms with Crippen molar-refractivity contribution in [3.8, 4) is 0 Å². The number of ether oxygens (including phenoxy) is 1. The molecule has 0 fully saturated rings. The minimum atomic E-state index is -3.54. The van der Waals surface area contributed by atoms with E-state index in [-0.39, 0.29) is 29.2 Å². The zero-order valence-corrected chi connectivity index (χ0v) is 20.2. The lowest BCUT2D eigenvalue weighted by Crippen LogP contribution is -2.20. The van der Waals surface area contributed by atoms with Crippen LogP contribution in [-0.2, 0) is 25.9 Å². The maximum absolute atomic E-state index is 12.5. The van der Waals surface area contributed by atoms with Gasteiger partial charge >= 0.3 is 0 Å². The molecule has 1 aromatic heterocycles. The summed E-state index contributed by atoms with van der Waals surface area (Å²) in [6, 6.07) is 10.3. The molecule has 33 heavy (non-hydrogen) atoms. The van der Waals surface area contributed by atoms with Crippen molar-refractivity contribution in [2.45, 2.75) is 31.2 Å². The molecule has 0 saturated heterocycles. The number of thiazole rings is 1. The maximum Gasteiger partial charge on any atom is 0.270 e. The van der Waals surface area contributed by atoms with E-state index >= 15 is 0 Å². The van der Waals surface area contributed by atoms with E-state index in [2.05, 4.69) is 4.99 Å². The Kier molecular flexibility index (Phi) is 8.35. The Morgan fingerprint density at radius 3 is 2.64 bits per heavy atom. The summed E-state index contributed by atoms with van der Waals surface area (Å²) in [5, 5.41) is 11.5. The zero-order chi connectivity index (χ0) is 24.0. The molecule has 0 N–H and O–H groups in total. The first kappa shape index (κ1) is 25.0. The third kappa shape index (κ3) is 6.47. The number of hydrogen-bond acceptors (Lipinski definition) is 7. The van der Waals surface area contributed by atoms with Gasteiger partial charge in [-0.05, 0) is 43.7 Å². The van der Waals surface area contributed by atoms with Crippen molar-refractivity contribution in [2.75, 3.05) is 19.0 Å². The van der Waals surface area contributed by atoms with Gasteiger partial charge in [0.25, 0.3) is 5.69 Å². The molecule has 0 unspecified atom stereocenters. The first-order valence-electron chi connectivity index (χ1n) is 10.1. The van der Waals surface area contributed by atoms with E-state index in [1.54, 1.807) is 10.6 Å². The zero-order valence-electron chi connectivity index (χ0n) is 17.8. The number of aromatic nitrogens is 1. The van der Waals surface area contributed by atoms with Crippen molar-refractivity contribution in [1.82, 2.24) is 4.57 Å². The van der Waals surface area contributed by atoms with Gasteiger partial charge in [-0.25, -0.2) is 8.42 Å². The summed E-state index contributed by atoms with van der Waals surface area (Å²) in [6.45, 7) is 3.21. The Hall–Kier alpha value is -2.60. The Morgan fingerprint density at radius 2 is 1.97 bits per heavy atom. The van der Waals surface area contributed by atoms with E-state index in [4.69, 9.17) is 16.3 Å². The molecule has 1 amide bonds. The number of nitro groups is 1. The number of benzene rings is 2. The molecule has 12 heteroatoms. The summed E-state index contributed by atoms with van der Waals surface area (Å²) < 4.78 is 32.7. The average molecular weight is 512 g/mol. The second-order valence-electron chi connectivity index (χ2n) is 7.02. The third-order valence-corrected chi connectivity index (χ3v) is 7.85. The summed E-state index contributed by atoms with van der Waals surface area (Å²) in [4.78, 5) is 27.8. The molecule has 0 saturated carbocycles. The summed E-state index contributed by atoms with van der Waals surface area (Å²) in [5.74, 6) is -0.661. The normalized spacial score (nSPS) is 12.4. The van der Waals surface area contributed by atoms with Crippen molar-refractivity contribution >= 4 is 54.6 Å². The number of amides is 1. The van der Waals surface area contributed by atoms with Crippen LogP contribution in [0, 0.1) is 10.1 Å². The SMILES string of the molecule is CCOCCn1c(=NC(=O)CCCS(=O)(=O)c2ccc(Cl)cc2)sc2cc([N+](=O)[O-])ccc21. The van der Waals surface area contributed by atoms with Crippen molar-refractivity contribution < 1.29 is 22.9 Å². The number of nitrogens with zero attached hydrogens (tertiary/aromatic N) is 3. The van der Waals surface area contributed by atoms with Crippen molar-refractivity contribution in [1.29, 1.82) is 0 Å². The maximum atomic E-state index is 12.5. The molecule has 9 nitrogen and oxygen atoms in total. The van der Waals surface area contributed by atoms with Gasteiger partial charge in [-0.15, -0.1) is 0 Å². The number of sulfone groups is 1. The van der Waals surface area contributed by atoms with E-state index in [1.807, 2.05) is 6.92 Å². The smallest absolute Gasteiger partial charge is 0.270 e. The predicted octanol–water partition coefficient (Wildman–Crippen LogP) is 3.98. The van der Waals surface area contributed by atoms with E-state index in [9.17, 15) is 23.3 Å². The molecule has 176 valence electrons. The number of non-ortho nitro benzene ring substituents is 1. The highest BCUT2D eigenvalue weighted by Crippen LogP contribution is 2.23. The monoisotopic (exact) mass is 511 g/mol. The van der Waals surface area contributed by atoms with Crippen molar-refractivity contribution in [3.05, 3.63) is 62.4 Å². The number of nitro benzene ring substituents is 1. The minimum Gasteiger partial charge on any atom is -0.380 e. The molecule has 3 aromatic rings. The molecule has 0 aliphatic rings. The van der Waals surface area contributed by atoms with Crippen LogP contribution in [0.1, 0.15) is 19.8 Å². The molecule has 0 spiro atoms. The van der Waals surface area contributed by atoms with Crippen LogP contribution in [0.3, 0.4) is 0 Å². The molecule has 0 atom stereocenters. The lowest BCUT2D eigenvalue weighted by atomic mass is 10.3. The topological polar surface area (TPSA) is 121 Å². The summed E-state index contributed by atoms with van der Waals surface area (Å²) in [7, 11) is -3.54. The first-order chi connectivity index (χ1) is 15.7. The number of carbonyl (C=O) groups excluding carboxylic acids is 1. The fourth-order valence-corrected chi connectivity index (χ4v) is 5.66. The van der Waals surface area contributed by atoms with Gasteiger partial charge in [0.1, 0.15) is 0 Å². The average Bonchev–Trinajstić information content (AvgIpc) is 3.10. The van der Waals surface area contributed by atoms with Gasteiger partial charge in [0.2, 0.25) is 5.91 Å². The highest BCUT2D eigenvalue weighted by Gasteiger charge is 2.16. The van der Waals surface area contributed by atoms with Gasteiger partial charge in [-0.3, -0.25) is 14.9 Å². The lowest BCUT2D eigenvalue weighted by Gasteiger charge is -2.05. The van der Waals surface area contributed by atoms with Crippen LogP contribution in [0.25, 0.3) is 10.2 Å². The molecule has 3 rings (SSSR count).